The Morgan fingerprint density at radius 2 is 2.27 bits per heavy atom. The van der Waals surface area contributed by atoms with Gasteiger partial charge in [0.1, 0.15) is 5.56 Å². The number of rotatable bonds is 1. The van der Waals surface area contributed by atoms with Crippen molar-refractivity contribution in [3.63, 3.8) is 0 Å². The standard InChI is InChI=1S/C9H8N2O4/c1-2-15-7(12)4-3-6-5-10-9(14)11-8(6)13/h5H,2H2,1H3,(H2,10,11,13,14). The monoisotopic (exact) mass is 208 g/mol. The van der Waals surface area contributed by atoms with Crippen molar-refractivity contribution < 1.29 is 9.53 Å². The highest BCUT2D eigenvalue weighted by atomic mass is 16.5. The number of carbonyl (C=O) groups is 1. The fourth-order valence-corrected chi connectivity index (χ4v) is 0.788. The zero-order valence-electron chi connectivity index (χ0n) is 7.92. The minimum absolute atomic E-state index is 0.00246. The second-order valence-electron chi connectivity index (χ2n) is 2.46. The molecule has 1 rings (SSSR count). The molecule has 0 unspecified atom stereocenters. The second-order valence-corrected chi connectivity index (χ2v) is 2.46. The van der Waals surface area contributed by atoms with E-state index in [9.17, 15) is 14.4 Å². The molecule has 0 aliphatic heterocycles. The van der Waals surface area contributed by atoms with Crippen molar-refractivity contribution >= 4 is 5.97 Å². The molecule has 6 nitrogen and oxygen atoms in total. The van der Waals surface area contributed by atoms with Gasteiger partial charge in [0.15, 0.2) is 0 Å². The molecule has 78 valence electrons. The molecule has 0 fully saturated rings. The molecule has 0 saturated carbocycles. The van der Waals surface area contributed by atoms with Gasteiger partial charge in [0, 0.05) is 12.1 Å². The summed E-state index contributed by atoms with van der Waals surface area (Å²) in [6.45, 7) is 1.86. The van der Waals surface area contributed by atoms with Crippen LogP contribution in [0.15, 0.2) is 15.8 Å². The van der Waals surface area contributed by atoms with Gasteiger partial charge in [0.2, 0.25) is 0 Å². The maximum absolute atomic E-state index is 11.1. The zero-order chi connectivity index (χ0) is 11.3. The first-order valence-electron chi connectivity index (χ1n) is 4.14. The van der Waals surface area contributed by atoms with Crippen LogP contribution >= 0.6 is 0 Å². The third-order valence-corrected chi connectivity index (χ3v) is 1.39. The van der Waals surface area contributed by atoms with E-state index in [1.807, 2.05) is 4.98 Å². The predicted molar refractivity (Wildman–Crippen MR) is 51.2 cm³/mol. The number of hydrogen-bond acceptors (Lipinski definition) is 4. The van der Waals surface area contributed by atoms with Gasteiger partial charge in [-0.05, 0) is 12.8 Å². The average molecular weight is 208 g/mol. The Morgan fingerprint density at radius 3 is 2.87 bits per heavy atom. The molecular formula is C9H8N2O4. The van der Waals surface area contributed by atoms with E-state index in [0.29, 0.717) is 0 Å². The normalized spacial score (nSPS) is 8.87. The maximum atomic E-state index is 11.1. The van der Waals surface area contributed by atoms with Crippen LogP contribution in [-0.2, 0) is 9.53 Å². The molecule has 0 aliphatic carbocycles. The van der Waals surface area contributed by atoms with E-state index in [4.69, 9.17) is 0 Å². The molecule has 0 bridgehead atoms. The van der Waals surface area contributed by atoms with E-state index >= 15 is 0 Å². The number of carbonyl (C=O) groups excluding carboxylic acids is 1. The summed E-state index contributed by atoms with van der Waals surface area (Å²) in [5.74, 6) is 3.67. The van der Waals surface area contributed by atoms with Crippen LogP contribution in [0.1, 0.15) is 12.5 Å². The summed E-state index contributed by atoms with van der Waals surface area (Å²) in [6, 6.07) is 0. The van der Waals surface area contributed by atoms with Crippen LogP contribution in [0.2, 0.25) is 0 Å². The van der Waals surface area contributed by atoms with Crippen LogP contribution < -0.4 is 11.2 Å². The Bertz CT molecular complexity index is 529. The third kappa shape index (κ3) is 3.15. The Hall–Kier alpha value is -2.29. The van der Waals surface area contributed by atoms with Gasteiger partial charge in [-0.25, -0.2) is 9.59 Å². The molecule has 0 spiro atoms. The number of H-pyrrole nitrogens is 2. The molecule has 1 heterocycles. The van der Waals surface area contributed by atoms with Crippen LogP contribution in [0, 0.1) is 11.8 Å². The van der Waals surface area contributed by atoms with Crippen molar-refractivity contribution in [2.45, 2.75) is 6.92 Å². The van der Waals surface area contributed by atoms with Gasteiger partial charge in [0.05, 0.1) is 6.61 Å². The van der Waals surface area contributed by atoms with E-state index in [0.717, 1.165) is 6.20 Å². The van der Waals surface area contributed by atoms with Gasteiger partial charge in [0.25, 0.3) is 5.56 Å². The summed E-state index contributed by atoms with van der Waals surface area (Å²) in [6.07, 6.45) is 1.13. The molecule has 6 heteroatoms. The van der Waals surface area contributed by atoms with Crippen molar-refractivity contribution in [2.75, 3.05) is 6.61 Å². The zero-order valence-corrected chi connectivity index (χ0v) is 7.92. The lowest BCUT2D eigenvalue weighted by Crippen LogP contribution is -2.23. The highest BCUT2D eigenvalue weighted by molar-refractivity contribution is 5.89. The number of aromatic amines is 2. The largest absolute Gasteiger partial charge is 0.456 e. The van der Waals surface area contributed by atoms with Crippen molar-refractivity contribution in [1.29, 1.82) is 0 Å². The van der Waals surface area contributed by atoms with Gasteiger partial charge in [-0.2, -0.15) is 0 Å². The molecule has 0 aromatic carbocycles. The van der Waals surface area contributed by atoms with E-state index in [1.165, 1.54) is 0 Å². The number of esters is 1. The van der Waals surface area contributed by atoms with Crippen LogP contribution in [0.25, 0.3) is 0 Å². The molecule has 15 heavy (non-hydrogen) atoms. The molecule has 0 radical (unpaired) electrons. The number of ether oxygens (including phenoxy) is 1. The first-order valence-corrected chi connectivity index (χ1v) is 4.14. The van der Waals surface area contributed by atoms with Gasteiger partial charge in [-0.15, -0.1) is 0 Å². The lowest BCUT2D eigenvalue weighted by molar-refractivity contribution is -0.136. The minimum atomic E-state index is -0.719. The van der Waals surface area contributed by atoms with Crippen molar-refractivity contribution in [3.05, 3.63) is 32.6 Å². The number of hydrogen-bond donors (Lipinski definition) is 2. The predicted octanol–water partition coefficient (Wildman–Crippen LogP) is -1.02. The molecule has 1 aromatic rings. The summed E-state index contributed by atoms with van der Waals surface area (Å²) < 4.78 is 4.53. The molecule has 0 aliphatic rings. The summed E-state index contributed by atoms with van der Waals surface area (Å²) >= 11 is 0. The van der Waals surface area contributed by atoms with Gasteiger partial charge in [-0.1, -0.05) is 0 Å². The van der Waals surface area contributed by atoms with Gasteiger partial charge < -0.3 is 9.72 Å². The third-order valence-electron chi connectivity index (χ3n) is 1.39. The van der Waals surface area contributed by atoms with Crippen molar-refractivity contribution in [3.8, 4) is 11.8 Å². The summed E-state index contributed by atoms with van der Waals surface area (Å²) in [5.41, 5.74) is -1.26. The summed E-state index contributed by atoms with van der Waals surface area (Å²) in [7, 11) is 0. The minimum Gasteiger partial charge on any atom is -0.456 e. The molecular weight excluding hydrogens is 200 g/mol. The smallest absolute Gasteiger partial charge is 0.384 e. The summed E-state index contributed by atoms with van der Waals surface area (Å²) in [4.78, 5) is 36.7. The SMILES string of the molecule is CCOC(=O)C#Cc1c[nH]c(=O)[nH]c1=O. The van der Waals surface area contributed by atoms with Crippen molar-refractivity contribution in [1.82, 2.24) is 9.97 Å². The number of nitrogens with one attached hydrogen (secondary N) is 2. The van der Waals surface area contributed by atoms with E-state index in [2.05, 4.69) is 21.6 Å². The topological polar surface area (TPSA) is 92.0 Å². The van der Waals surface area contributed by atoms with Crippen LogP contribution in [0.4, 0.5) is 0 Å². The Kier molecular flexibility index (Phi) is 3.46. The highest BCUT2D eigenvalue weighted by Gasteiger charge is 1.97. The Morgan fingerprint density at radius 1 is 1.53 bits per heavy atom. The molecule has 1 aromatic heterocycles. The fourth-order valence-electron chi connectivity index (χ4n) is 0.788. The van der Waals surface area contributed by atoms with Gasteiger partial charge >= 0.3 is 11.7 Å². The Labute approximate surface area is 84.3 Å². The number of aromatic nitrogens is 2. The first kappa shape index (κ1) is 10.8. The lowest BCUT2D eigenvalue weighted by Gasteiger charge is -1.90. The van der Waals surface area contributed by atoms with Crippen LogP contribution in [-0.4, -0.2) is 22.5 Å². The quantitative estimate of drug-likeness (QED) is 0.456. The highest BCUT2D eigenvalue weighted by Crippen LogP contribution is 1.80. The average Bonchev–Trinajstić information content (AvgIpc) is 2.17. The van der Waals surface area contributed by atoms with Gasteiger partial charge in [-0.3, -0.25) is 9.78 Å². The van der Waals surface area contributed by atoms with Crippen molar-refractivity contribution in [2.24, 2.45) is 0 Å². The van der Waals surface area contributed by atoms with E-state index < -0.39 is 17.2 Å². The second kappa shape index (κ2) is 4.81. The molecule has 0 amide bonds. The lowest BCUT2D eigenvalue weighted by atomic mass is 10.3. The Balaban J connectivity index is 2.95. The first-order chi connectivity index (χ1) is 7.13. The maximum Gasteiger partial charge on any atom is 0.384 e. The van der Waals surface area contributed by atoms with Crippen LogP contribution in [0.5, 0.6) is 0 Å². The van der Waals surface area contributed by atoms with E-state index in [-0.39, 0.29) is 12.2 Å². The van der Waals surface area contributed by atoms with E-state index in [1.54, 1.807) is 6.92 Å². The molecule has 0 atom stereocenters. The fraction of sp³-hybridized carbons (Fsp3) is 0.222. The molecule has 2 N–H and O–H groups in total. The summed E-state index contributed by atoms with van der Waals surface area (Å²) in [5, 5.41) is 0. The van der Waals surface area contributed by atoms with Crippen LogP contribution in [0.3, 0.4) is 0 Å². The molecule has 0 saturated heterocycles.